The molecule has 140 valence electrons. The van der Waals surface area contributed by atoms with Crippen molar-refractivity contribution in [2.75, 3.05) is 19.6 Å². The fourth-order valence-electron chi connectivity index (χ4n) is 5.07. The van der Waals surface area contributed by atoms with E-state index < -0.39 is 0 Å². The van der Waals surface area contributed by atoms with Gasteiger partial charge in [-0.25, -0.2) is 0 Å². The third-order valence-corrected chi connectivity index (χ3v) is 6.73. The van der Waals surface area contributed by atoms with Crippen molar-refractivity contribution in [3.63, 3.8) is 0 Å². The van der Waals surface area contributed by atoms with Gasteiger partial charge in [-0.3, -0.25) is 9.59 Å². The molecule has 1 saturated carbocycles. The van der Waals surface area contributed by atoms with Crippen LogP contribution in [0.15, 0.2) is 24.3 Å². The van der Waals surface area contributed by atoms with Gasteiger partial charge in [0.2, 0.25) is 5.91 Å². The van der Waals surface area contributed by atoms with Crippen LogP contribution >= 0.6 is 11.6 Å². The van der Waals surface area contributed by atoms with Crippen molar-refractivity contribution in [3.05, 3.63) is 34.9 Å². The summed E-state index contributed by atoms with van der Waals surface area (Å²) < 4.78 is 0. The zero-order valence-corrected chi connectivity index (χ0v) is 16.0. The topological polar surface area (TPSA) is 40.6 Å². The summed E-state index contributed by atoms with van der Waals surface area (Å²) in [5.41, 5.74) is 0.256. The highest BCUT2D eigenvalue weighted by atomic mass is 35.5. The number of hydrogen-bond donors (Lipinski definition) is 0. The maximum atomic E-state index is 13.4. The van der Waals surface area contributed by atoms with E-state index in [9.17, 15) is 9.59 Å². The van der Waals surface area contributed by atoms with Crippen molar-refractivity contribution in [1.29, 1.82) is 0 Å². The summed E-state index contributed by atoms with van der Waals surface area (Å²) in [5, 5.41) is 0.571. The van der Waals surface area contributed by atoms with E-state index in [-0.39, 0.29) is 11.3 Å². The molecule has 0 N–H and O–H groups in total. The molecular weight excluding hydrogens is 348 g/mol. The Morgan fingerprint density at radius 3 is 2.65 bits per heavy atom. The van der Waals surface area contributed by atoms with E-state index in [1.807, 2.05) is 4.90 Å². The maximum absolute atomic E-state index is 13.4. The van der Waals surface area contributed by atoms with E-state index in [1.165, 1.54) is 19.3 Å². The zero-order chi connectivity index (χ0) is 18.1. The molecule has 1 spiro atoms. The van der Waals surface area contributed by atoms with Crippen molar-refractivity contribution in [2.24, 2.45) is 5.41 Å². The Balaban J connectivity index is 1.49. The second-order valence-corrected chi connectivity index (χ2v) is 8.60. The van der Waals surface area contributed by atoms with Crippen molar-refractivity contribution in [2.45, 2.75) is 57.4 Å². The molecule has 1 atom stereocenters. The van der Waals surface area contributed by atoms with Gasteiger partial charge in [0.1, 0.15) is 0 Å². The SMILES string of the molecule is O=C(c1cccc(Cl)c1)N1CCC2(CCCN(C3CCCCC3)C2=O)C1. The summed E-state index contributed by atoms with van der Waals surface area (Å²) in [4.78, 5) is 30.2. The number of hydrogen-bond acceptors (Lipinski definition) is 2. The molecule has 1 unspecified atom stereocenters. The summed E-state index contributed by atoms with van der Waals surface area (Å²) >= 11 is 6.03. The van der Waals surface area contributed by atoms with Crippen LogP contribution in [-0.2, 0) is 4.79 Å². The van der Waals surface area contributed by atoms with Crippen LogP contribution in [0, 0.1) is 5.41 Å². The first kappa shape index (κ1) is 17.8. The first-order chi connectivity index (χ1) is 12.6. The summed E-state index contributed by atoms with van der Waals surface area (Å²) in [6.07, 6.45) is 8.82. The highest BCUT2D eigenvalue weighted by Gasteiger charge is 2.50. The number of carbonyl (C=O) groups is 2. The molecule has 0 radical (unpaired) electrons. The molecular formula is C21H27ClN2O2. The monoisotopic (exact) mass is 374 g/mol. The predicted octanol–water partition coefficient (Wildman–Crippen LogP) is 4.13. The lowest BCUT2D eigenvalue weighted by molar-refractivity contribution is -0.149. The van der Waals surface area contributed by atoms with Crippen LogP contribution in [0.25, 0.3) is 0 Å². The Morgan fingerprint density at radius 2 is 1.88 bits per heavy atom. The molecule has 0 aromatic heterocycles. The van der Waals surface area contributed by atoms with Gasteiger partial charge in [-0.1, -0.05) is 36.9 Å². The molecule has 1 aliphatic carbocycles. The molecule has 3 fully saturated rings. The Hall–Kier alpha value is -1.55. The standard InChI is InChI=1S/C21H27ClN2O2/c22-17-7-4-6-16(14-17)19(25)23-13-11-21(15-23)10-5-12-24(20(21)26)18-8-2-1-3-9-18/h4,6-7,14,18H,1-3,5,8-13,15H2. The lowest BCUT2D eigenvalue weighted by Gasteiger charge is -2.44. The van der Waals surface area contributed by atoms with E-state index in [1.54, 1.807) is 24.3 Å². The molecule has 2 amide bonds. The first-order valence-corrected chi connectivity index (χ1v) is 10.3. The minimum absolute atomic E-state index is 0.00744. The van der Waals surface area contributed by atoms with Crippen molar-refractivity contribution in [3.8, 4) is 0 Å². The number of amides is 2. The van der Waals surface area contributed by atoms with Gasteiger partial charge in [-0.2, -0.15) is 0 Å². The number of likely N-dealkylation sites (tertiary alicyclic amines) is 2. The highest BCUT2D eigenvalue weighted by Crippen LogP contribution is 2.42. The minimum atomic E-state index is -0.357. The normalized spacial score (nSPS) is 27.3. The highest BCUT2D eigenvalue weighted by molar-refractivity contribution is 6.30. The fraction of sp³-hybridized carbons (Fsp3) is 0.619. The molecule has 4 nitrogen and oxygen atoms in total. The molecule has 2 saturated heterocycles. The van der Waals surface area contributed by atoms with Crippen LogP contribution in [0.2, 0.25) is 5.02 Å². The molecule has 2 heterocycles. The van der Waals surface area contributed by atoms with E-state index in [0.29, 0.717) is 35.6 Å². The molecule has 2 aliphatic heterocycles. The second kappa shape index (κ2) is 7.22. The van der Waals surface area contributed by atoms with Crippen LogP contribution in [0.3, 0.4) is 0 Å². The van der Waals surface area contributed by atoms with Crippen LogP contribution in [-0.4, -0.2) is 47.3 Å². The Labute approximate surface area is 160 Å². The number of piperidine rings is 1. The second-order valence-electron chi connectivity index (χ2n) is 8.16. The zero-order valence-electron chi connectivity index (χ0n) is 15.3. The average molecular weight is 375 g/mol. The minimum Gasteiger partial charge on any atom is -0.339 e. The van der Waals surface area contributed by atoms with Crippen molar-refractivity contribution < 1.29 is 9.59 Å². The lowest BCUT2D eigenvalue weighted by atomic mass is 9.77. The van der Waals surface area contributed by atoms with Crippen LogP contribution in [0.1, 0.15) is 61.7 Å². The average Bonchev–Trinajstić information content (AvgIpc) is 3.09. The number of nitrogens with zero attached hydrogens (tertiary/aromatic N) is 2. The summed E-state index contributed by atoms with van der Waals surface area (Å²) in [5.74, 6) is 0.295. The predicted molar refractivity (Wildman–Crippen MR) is 102 cm³/mol. The number of rotatable bonds is 2. The Bertz CT molecular complexity index is 701. The van der Waals surface area contributed by atoms with E-state index >= 15 is 0 Å². The quantitative estimate of drug-likeness (QED) is 0.781. The number of halogens is 1. The molecule has 4 rings (SSSR count). The summed E-state index contributed by atoms with van der Waals surface area (Å²) in [6, 6.07) is 7.52. The van der Waals surface area contributed by atoms with Gasteiger partial charge in [-0.05, 0) is 50.3 Å². The smallest absolute Gasteiger partial charge is 0.253 e. The van der Waals surface area contributed by atoms with Crippen LogP contribution in [0.4, 0.5) is 0 Å². The van der Waals surface area contributed by atoms with Crippen molar-refractivity contribution in [1.82, 2.24) is 9.80 Å². The number of carbonyl (C=O) groups excluding carboxylic acids is 2. The third kappa shape index (κ3) is 3.24. The largest absolute Gasteiger partial charge is 0.339 e. The van der Waals surface area contributed by atoms with Crippen LogP contribution < -0.4 is 0 Å². The first-order valence-electron chi connectivity index (χ1n) is 9.95. The van der Waals surface area contributed by atoms with Gasteiger partial charge in [0.05, 0.1) is 5.41 Å². The molecule has 5 heteroatoms. The van der Waals surface area contributed by atoms with Gasteiger partial charge in [0, 0.05) is 36.3 Å². The van der Waals surface area contributed by atoms with E-state index in [4.69, 9.17) is 11.6 Å². The molecule has 0 bridgehead atoms. The van der Waals surface area contributed by atoms with Gasteiger partial charge in [0.15, 0.2) is 0 Å². The van der Waals surface area contributed by atoms with Gasteiger partial charge in [-0.15, -0.1) is 0 Å². The summed E-state index contributed by atoms with van der Waals surface area (Å²) in [7, 11) is 0. The van der Waals surface area contributed by atoms with Crippen molar-refractivity contribution >= 4 is 23.4 Å². The van der Waals surface area contributed by atoms with E-state index in [0.717, 1.165) is 38.6 Å². The molecule has 3 aliphatic rings. The third-order valence-electron chi connectivity index (χ3n) is 6.50. The molecule has 26 heavy (non-hydrogen) atoms. The Kier molecular flexibility index (Phi) is 4.96. The lowest BCUT2D eigenvalue weighted by Crippen LogP contribution is -2.54. The van der Waals surface area contributed by atoms with Gasteiger partial charge in [0.25, 0.3) is 5.91 Å². The van der Waals surface area contributed by atoms with Gasteiger partial charge < -0.3 is 9.80 Å². The molecule has 1 aromatic rings. The van der Waals surface area contributed by atoms with Crippen LogP contribution in [0.5, 0.6) is 0 Å². The molecule has 1 aromatic carbocycles. The summed E-state index contributed by atoms with van der Waals surface area (Å²) in [6.45, 7) is 2.11. The van der Waals surface area contributed by atoms with Gasteiger partial charge >= 0.3 is 0 Å². The Morgan fingerprint density at radius 1 is 1.08 bits per heavy atom. The fourth-order valence-corrected chi connectivity index (χ4v) is 5.26. The number of benzene rings is 1. The maximum Gasteiger partial charge on any atom is 0.253 e. The van der Waals surface area contributed by atoms with E-state index in [2.05, 4.69) is 4.90 Å².